The van der Waals surface area contributed by atoms with E-state index in [0.717, 1.165) is 5.56 Å². The summed E-state index contributed by atoms with van der Waals surface area (Å²) >= 11 is 1.37. The first-order chi connectivity index (χ1) is 11.2. The number of hydrogen-bond donors (Lipinski definition) is 2. The SMILES string of the molecule is CC1(C)SC2C(NC(=O)Cc3ccc(N)cc3)C(=O)N2C1C(=O)[O-].[K+]. The number of nitrogen functional groups attached to an aromatic ring is 1. The molecule has 3 rings (SSSR count). The normalized spacial score (nSPS) is 26.2. The molecule has 3 unspecified atom stereocenters. The van der Waals surface area contributed by atoms with Crippen LogP contribution in [0.5, 0.6) is 0 Å². The second kappa shape index (κ2) is 7.57. The average molecular weight is 388 g/mol. The maximum absolute atomic E-state index is 12.3. The second-order valence-corrected chi connectivity index (χ2v) is 8.31. The zero-order valence-corrected chi connectivity index (χ0v) is 18.3. The fourth-order valence-corrected chi connectivity index (χ4v) is 4.79. The Bertz CT molecular complexity index is 710. The molecule has 2 heterocycles. The van der Waals surface area contributed by atoms with Gasteiger partial charge in [0.05, 0.1) is 18.4 Å². The number of rotatable bonds is 4. The van der Waals surface area contributed by atoms with E-state index >= 15 is 0 Å². The van der Waals surface area contributed by atoms with E-state index in [4.69, 9.17) is 5.73 Å². The summed E-state index contributed by atoms with van der Waals surface area (Å²) < 4.78 is -0.657. The molecule has 25 heavy (non-hydrogen) atoms. The molecule has 128 valence electrons. The van der Waals surface area contributed by atoms with Crippen molar-refractivity contribution in [2.75, 3.05) is 5.73 Å². The predicted octanol–water partition coefficient (Wildman–Crippen LogP) is -3.89. The first-order valence-electron chi connectivity index (χ1n) is 7.55. The zero-order valence-electron chi connectivity index (χ0n) is 14.3. The minimum absolute atomic E-state index is 0. The fraction of sp³-hybridized carbons (Fsp3) is 0.438. The number of carbonyl (C=O) groups excluding carboxylic acids is 3. The molecule has 0 saturated carbocycles. The molecule has 0 aromatic heterocycles. The number of carboxylic acids is 1. The third-order valence-corrected chi connectivity index (χ3v) is 5.90. The van der Waals surface area contributed by atoms with Crippen LogP contribution in [0.1, 0.15) is 19.4 Å². The summed E-state index contributed by atoms with van der Waals surface area (Å²) in [6.07, 6.45) is 0.134. The molecule has 9 heteroatoms. The predicted molar refractivity (Wildman–Crippen MR) is 87.6 cm³/mol. The number of thioether (sulfide) groups is 1. The van der Waals surface area contributed by atoms with Gasteiger partial charge < -0.3 is 25.9 Å². The minimum Gasteiger partial charge on any atom is -0.548 e. The number of nitrogens with one attached hydrogen (secondary N) is 1. The quantitative estimate of drug-likeness (QED) is 0.310. The second-order valence-electron chi connectivity index (χ2n) is 6.54. The molecule has 0 radical (unpaired) electrons. The molecule has 0 aliphatic carbocycles. The van der Waals surface area contributed by atoms with Crippen LogP contribution in [0.25, 0.3) is 0 Å². The van der Waals surface area contributed by atoms with Crippen LogP contribution in [0.15, 0.2) is 24.3 Å². The maximum atomic E-state index is 12.3. The standard InChI is InChI=1S/C16H19N3O4S.K/c1-16(2)12(15(22)23)19-13(21)11(14(19)24-16)18-10(20)7-8-3-5-9(17)6-4-8;/h3-6,11-12,14H,7,17H2,1-2H3,(H,18,20)(H,22,23);/q;+1/p-1. The summed E-state index contributed by atoms with van der Waals surface area (Å²) in [5.41, 5.74) is 7.00. The largest absolute Gasteiger partial charge is 1.00 e. The first kappa shape index (κ1) is 20.7. The van der Waals surface area contributed by atoms with Crippen molar-refractivity contribution in [2.24, 2.45) is 0 Å². The molecule has 3 atom stereocenters. The van der Waals surface area contributed by atoms with Gasteiger partial charge in [-0.25, -0.2) is 0 Å². The van der Waals surface area contributed by atoms with Crippen LogP contribution >= 0.6 is 11.8 Å². The molecule has 2 aliphatic heterocycles. The summed E-state index contributed by atoms with van der Waals surface area (Å²) in [6, 6.07) is 5.24. The summed E-state index contributed by atoms with van der Waals surface area (Å²) in [5.74, 6) is -1.93. The Morgan fingerprint density at radius 2 is 1.92 bits per heavy atom. The molecule has 3 N–H and O–H groups in total. The molecule has 0 spiro atoms. The van der Waals surface area contributed by atoms with Gasteiger partial charge in [-0.3, -0.25) is 9.59 Å². The van der Waals surface area contributed by atoms with Gasteiger partial charge in [0.15, 0.2) is 0 Å². The van der Waals surface area contributed by atoms with Gasteiger partial charge in [0.1, 0.15) is 11.4 Å². The fourth-order valence-electron chi connectivity index (χ4n) is 3.17. The van der Waals surface area contributed by atoms with Gasteiger partial charge in [0.25, 0.3) is 0 Å². The number of nitrogens with zero attached hydrogens (tertiary/aromatic N) is 1. The van der Waals surface area contributed by atoms with Crippen molar-refractivity contribution in [1.82, 2.24) is 10.2 Å². The van der Waals surface area contributed by atoms with Gasteiger partial charge in [-0.1, -0.05) is 12.1 Å². The Kier molecular flexibility index (Phi) is 6.28. The van der Waals surface area contributed by atoms with Gasteiger partial charge in [-0.05, 0) is 31.5 Å². The molecular formula is C16H18KN3O4S. The smallest absolute Gasteiger partial charge is 0.548 e. The summed E-state index contributed by atoms with van der Waals surface area (Å²) in [5, 5.41) is 13.7. The van der Waals surface area contributed by atoms with Crippen LogP contribution in [0.2, 0.25) is 0 Å². The molecule has 2 amide bonds. The van der Waals surface area contributed by atoms with Crippen LogP contribution in [0, 0.1) is 0 Å². The van der Waals surface area contributed by atoms with Crippen molar-refractivity contribution in [3.63, 3.8) is 0 Å². The van der Waals surface area contributed by atoms with E-state index in [1.807, 2.05) is 0 Å². The summed E-state index contributed by atoms with van der Waals surface area (Å²) in [6.45, 7) is 3.52. The number of amides is 2. The van der Waals surface area contributed by atoms with Crippen LogP contribution in [-0.2, 0) is 20.8 Å². The third-order valence-electron chi connectivity index (χ3n) is 4.33. The van der Waals surface area contributed by atoms with Crippen molar-refractivity contribution in [1.29, 1.82) is 0 Å². The Balaban J connectivity index is 0.00000225. The van der Waals surface area contributed by atoms with E-state index in [0.29, 0.717) is 5.69 Å². The van der Waals surface area contributed by atoms with E-state index in [9.17, 15) is 19.5 Å². The molecule has 1 aromatic rings. The molecular weight excluding hydrogens is 369 g/mol. The summed E-state index contributed by atoms with van der Waals surface area (Å²) in [7, 11) is 0. The number of anilines is 1. The number of fused-ring (bicyclic) bond motifs is 1. The third kappa shape index (κ3) is 3.91. The number of nitrogens with two attached hydrogens (primary N) is 1. The number of hydrogen-bond acceptors (Lipinski definition) is 6. The minimum atomic E-state index is -1.27. The van der Waals surface area contributed by atoms with Crippen LogP contribution < -0.4 is 67.5 Å². The van der Waals surface area contributed by atoms with Gasteiger partial charge >= 0.3 is 51.4 Å². The van der Waals surface area contributed by atoms with Crippen molar-refractivity contribution in [3.05, 3.63) is 29.8 Å². The summed E-state index contributed by atoms with van der Waals surface area (Å²) in [4.78, 5) is 37.1. The van der Waals surface area contributed by atoms with Crippen molar-refractivity contribution < 1.29 is 70.9 Å². The maximum Gasteiger partial charge on any atom is 1.00 e. The van der Waals surface area contributed by atoms with Crippen molar-refractivity contribution in [2.45, 2.75) is 42.5 Å². The van der Waals surface area contributed by atoms with Crippen molar-refractivity contribution in [3.8, 4) is 0 Å². The number of carboxylic acid groups (broad SMARTS) is 1. The van der Waals surface area contributed by atoms with E-state index in [1.54, 1.807) is 38.1 Å². The van der Waals surface area contributed by atoms with Gasteiger partial charge in [-0.15, -0.1) is 11.8 Å². The molecule has 2 fully saturated rings. The zero-order chi connectivity index (χ0) is 17.6. The van der Waals surface area contributed by atoms with E-state index < -0.39 is 22.8 Å². The van der Waals surface area contributed by atoms with E-state index in [1.165, 1.54) is 16.7 Å². The van der Waals surface area contributed by atoms with Crippen LogP contribution in [0.4, 0.5) is 5.69 Å². The Morgan fingerprint density at radius 3 is 2.48 bits per heavy atom. The number of carbonyl (C=O) groups is 3. The Morgan fingerprint density at radius 1 is 1.32 bits per heavy atom. The molecule has 1 aromatic carbocycles. The van der Waals surface area contributed by atoms with Gasteiger partial charge in [-0.2, -0.15) is 0 Å². The monoisotopic (exact) mass is 387 g/mol. The first-order valence-corrected chi connectivity index (χ1v) is 8.43. The molecule has 2 aliphatic rings. The topological polar surface area (TPSA) is 116 Å². The van der Waals surface area contributed by atoms with Gasteiger partial charge in [0, 0.05) is 10.4 Å². The Labute approximate surface area is 192 Å². The average Bonchev–Trinajstić information content (AvgIpc) is 2.76. The number of aliphatic carboxylic acids is 1. The Hall–Kier alpha value is -0.584. The molecule has 0 bridgehead atoms. The van der Waals surface area contributed by atoms with E-state index in [-0.39, 0.29) is 75.0 Å². The number of β-lactam (4-membered cyclic amide) rings is 1. The van der Waals surface area contributed by atoms with Crippen LogP contribution in [-0.4, -0.2) is 44.9 Å². The van der Waals surface area contributed by atoms with Crippen molar-refractivity contribution >= 4 is 35.2 Å². The van der Waals surface area contributed by atoms with Gasteiger partial charge in [0.2, 0.25) is 11.8 Å². The molecule has 2 saturated heterocycles. The van der Waals surface area contributed by atoms with Crippen LogP contribution in [0.3, 0.4) is 0 Å². The van der Waals surface area contributed by atoms with E-state index in [2.05, 4.69) is 5.32 Å². The number of benzene rings is 1. The molecule has 7 nitrogen and oxygen atoms in total.